The van der Waals surface area contributed by atoms with Crippen LogP contribution in [0.5, 0.6) is 0 Å². The first kappa shape index (κ1) is 10.7. The van der Waals surface area contributed by atoms with E-state index in [0.717, 1.165) is 6.42 Å². The summed E-state index contributed by atoms with van der Waals surface area (Å²) in [6, 6.07) is 0. The van der Waals surface area contributed by atoms with Crippen LogP contribution in [-0.2, 0) is 4.74 Å². The molecule has 0 spiro atoms. The van der Waals surface area contributed by atoms with Crippen molar-refractivity contribution in [1.82, 2.24) is 0 Å². The van der Waals surface area contributed by atoms with Gasteiger partial charge in [-0.05, 0) is 33.6 Å². The van der Waals surface area contributed by atoms with Gasteiger partial charge in [-0.25, -0.2) is 4.39 Å². The lowest BCUT2D eigenvalue weighted by Crippen LogP contribution is -2.22. The Balaban J connectivity index is 2.36. The van der Waals surface area contributed by atoms with Crippen molar-refractivity contribution < 1.29 is 14.2 Å². The molecule has 1 rings (SSSR count). The normalized spacial score (nSPS) is 37.3. The molecule has 1 aliphatic rings. The van der Waals surface area contributed by atoms with E-state index in [4.69, 9.17) is 9.84 Å². The minimum atomic E-state index is -1.79. The maximum absolute atomic E-state index is 13.3. The van der Waals surface area contributed by atoms with Crippen LogP contribution in [0.3, 0.4) is 0 Å². The first-order chi connectivity index (χ1) is 5.93. The van der Waals surface area contributed by atoms with Crippen LogP contribution in [0.1, 0.15) is 33.6 Å². The van der Waals surface area contributed by atoms with Gasteiger partial charge >= 0.3 is 0 Å². The van der Waals surface area contributed by atoms with Gasteiger partial charge in [0.25, 0.3) is 5.85 Å². The van der Waals surface area contributed by atoms with E-state index in [-0.39, 0.29) is 0 Å². The van der Waals surface area contributed by atoms with Crippen LogP contribution in [0.25, 0.3) is 0 Å². The molecule has 1 heterocycles. The van der Waals surface area contributed by atoms with E-state index >= 15 is 0 Å². The molecule has 2 atom stereocenters. The highest BCUT2D eigenvalue weighted by Gasteiger charge is 2.67. The van der Waals surface area contributed by atoms with Gasteiger partial charge in [-0.2, -0.15) is 0 Å². The van der Waals surface area contributed by atoms with Crippen molar-refractivity contribution >= 4 is 0 Å². The van der Waals surface area contributed by atoms with Crippen LogP contribution in [0.15, 0.2) is 11.6 Å². The molecule has 0 aromatic heterocycles. The van der Waals surface area contributed by atoms with Gasteiger partial charge in [-0.1, -0.05) is 11.6 Å². The predicted molar refractivity (Wildman–Crippen MR) is 49.1 cm³/mol. The monoisotopic (exact) mass is 188 g/mol. The highest BCUT2D eigenvalue weighted by Crippen LogP contribution is 2.51. The SMILES string of the molecule is CC(C)=CCC[C@@]1(C)O[C@]1(F)CO. The lowest BCUT2D eigenvalue weighted by Gasteiger charge is -2.05. The summed E-state index contributed by atoms with van der Waals surface area (Å²) in [6.45, 7) is 5.16. The minimum absolute atomic E-state index is 0.543. The second kappa shape index (κ2) is 3.39. The average molecular weight is 188 g/mol. The van der Waals surface area contributed by atoms with Crippen molar-refractivity contribution in [1.29, 1.82) is 0 Å². The van der Waals surface area contributed by atoms with Crippen molar-refractivity contribution in [2.45, 2.75) is 45.1 Å². The zero-order valence-electron chi connectivity index (χ0n) is 8.43. The van der Waals surface area contributed by atoms with Crippen LogP contribution >= 0.6 is 0 Å². The Bertz CT molecular complexity index is 223. The standard InChI is InChI=1S/C10H17FO2/c1-8(2)5-4-6-9(3)10(11,7-12)13-9/h5,12H,4,6-7H2,1-3H3/t9-,10-/m1/s1. The number of ether oxygens (including phenoxy) is 1. The Morgan fingerprint density at radius 3 is 2.54 bits per heavy atom. The third-order valence-electron chi connectivity index (χ3n) is 2.51. The van der Waals surface area contributed by atoms with Gasteiger partial charge < -0.3 is 9.84 Å². The molecule has 13 heavy (non-hydrogen) atoms. The molecular formula is C10H17FO2. The van der Waals surface area contributed by atoms with Gasteiger partial charge in [-0.15, -0.1) is 0 Å². The first-order valence-electron chi connectivity index (χ1n) is 4.57. The van der Waals surface area contributed by atoms with Gasteiger partial charge in [-0.3, -0.25) is 0 Å². The molecule has 0 aromatic carbocycles. The quantitative estimate of drug-likeness (QED) is 0.541. The van der Waals surface area contributed by atoms with Crippen LogP contribution in [-0.4, -0.2) is 23.2 Å². The molecule has 1 saturated heterocycles. The van der Waals surface area contributed by atoms with Crippen LogP contribution in [0.2, 0.25) is 0 Å². The molecule has 0 saturated carbocycles. The van der Waals surface area contributed by atoms with Gasteiger partial charge in [0.05, 0.1) is 0 Å². The van der Waals surface area contributed by atoms with Gasteiger partial charge in [0, 0.05) is 0 Å². The molecule has 0 radical (unpaired) electrons. The minimum Gasteiger partial charge on any atom is -0.390 e. The number of epoxide rings is 1. The van der Waals surface area contributed by atoms with Crippen molar-refractivity contribution in [2.24, 2.45) is 0 Å². The Labute approximate surface area is 78.4 Å². The molecule has 3 heteroatoms. The number of halogens is 1. The van der Waals surface area contributed by atoms with E-state index < -0.39 is 18.1 Å². The average Bonchev–Trinajstić information content (AvgIpc) is 2.55. The van der Waals surface area contributed by atoms with Crippen molar-refractivity contribution in [3.63, 3.8) is 0 Å². The highest BCUT2D eigenvalue weighted by atomic mass is 19.2. The van der Waals surface area contributed by atoms with E-state index in [1.165, 1.54) is 5.57 Å². The fourth-order valence-corrected chi connectivity index (χ4v) is 1.41. The zero-order chi connectivity index (χ0) is 10.1. The zero-order valence-corrected chi connectivity index (χ0v) is 8.43. The molecule has 0 aromatic rings. The number of aliphatic hydroxyl groups excluding tert-OH is 1. The third-order valence-corrected chi connectivity index (χ3v) is 2.51. The maximum atomic E-state index is 13.3. The Hall–Kier alpha value is -0.410. The summed E-state index contributed by atoms with van der Waals surface area (Å²) >= 11 is 0. The highest BCUT2D eigenvalue weighted by molar-refractivity contribution is 5.07. The molecule has 0 amide bonds. The lowest BCUT2D eigenvalue weighted by atomic mass is 9.99. The summed E-state index contributed by atoms with van der Waals surface area (Å²) in [5.74, 6) is -1.79. The summed E-state index contributed by atoms with van der Waals surface area (Å²) in [4.78, 5) is 0. The number of rotatable bonds is 4. The molecule has 1 aliphatic heterocycles. The van der Waals surface area contributed by atoms with Crippen molar-refractivity contribution in [3.05, 3.63) is 11.6 Å². The van der Waals surface area contributed by atoms with Crippen LogP contribution in [0.4, 0.5) is 4.39 Å². The molecule has 0 bridgehead atoms. The van der Waals surface area contributed by atoms with Gasteiger partial charge in [0.1, 0.15) is 12.2 Å². The summed E-state index contributed by atoms with van der Waals surface area (Å²) in [7, 11) is 0. The number of allylic oxidation sites excluding steroid dienone is 2. The molecular weight excluding hydrogens is 171 g/mol. The van der Waals surface area contributed by atoms with Crippen LogP contribution < -0.4 is 0 Å². The van der Waals surface area contributed by atoms with Crippen molar-refractivity contribution in [3.8, 4) is 0 Å². The van der Waals surface area contributed by atoms with Gasteiger partial charge in [0.2, 0.25) is 0 Å². The Kier molecular flexibility index (Phi) is 2.78. The summed E-state index contributed by atoms with van der Waals surface area (Å²) in [5.41, 5.74) is 0.450. The third kappa shape index (κ3) is 2.09. The maximum Gasteiger partial charge on any atom is 0.262 e. The fourth-order valence-electron chi connectivity index (χ4n) is 1.41. The molecule has 1 fully saturated rings. The summed E-state index contributed by atoms with van der Waals surface area (Å²) in [5, 5.41) is 8.69. The predicted octanol–water partition coefficient (Wildman–Crippen LogP) is 2.18. The smallest absolute Gasteiger partial charge is 0.262 e. The molecule has 1 N–H and O–H groups in total. The molecule has 2 nitrogen and oxygen atoms in total. The lowest BCUT2D eigenvalue weighted by molar-refractivity contribution is 0.0648. The number of aliphatic hydroxyl groups is 1. The Morgan fingerprint density at radius 2 is 2.15 bits per heavy atom. The van der Waals surface area contributed by atoms with E-state index in [0.29, 0.717) is 6.42 Å². The molecule has 76 valence electrons. The Morgan fingerprint density at radius 1 is 1.54 bits per heavy atom. The van der Waals surface area contributed by atoms with E-state index in [2.05, 4.69) is 0 Å². The summed E-state index contributed by atoms with van der Waals surface area (Å²) < 4.78 is 18.2. The molecule has 0 unspecified atom stereocenters. The van der Waals surface area contributed by atoms with E-state index in [1.807, 2.05) is 19.9 Å². The molecule has 0 aliphatic carbocycles. The topological polar surface area (TPSA) is 32.8 Å². The number of hydrogen-bond donors (Lipinski definition) is 1. The second-order valence-corrected chi connectivity index (χ2v) is 4.04. The van der Waals surface area contributed by atoms with E-state index in [1.54, 1.807) is 6.92 Å². The fraction of sp³-hybridized carbons (Fsp3) is 0.800. The van der Waals surface area contributed by atoms with Crippen LogP contribution in [0, 0.1) is 0 Å². The first-order valence-corrected chi connectivity index (χ1v) is 4.57. The van der Waals surface area contributed by atoms with E-state index in [9.17, 15) is 4.39 Å². The second-order valence-electron chi connectivity index (χ2n) is 4.04. The van der Waals surface area contributed by atoms with Crippen molar-refractivity contribution in [2.75, 3.05) is 6.61 Å². The largest absolute Gasteiger partial charge is 0.390 e. The number of alkyl halides is 1. The summed E-state index contributed by atoms with van der Waals surface area (Å²) in [6.07, 6.45) is 3.46. The number of hydrogen-bond acceptors (Lipinski definition) is 2. The van der Waals surface area contributed by atoms with Gasteiger partial charge in [0.15, 0.2) is 0 Å².